The third kappa shape index (κ3) is 2.61. The number of likely N-dealkylation sites (tertiary alicyclic amines) is 1. The standard InChI is InChI=1S/C15H19N3O2S/c1-12-16-5-8-18(12)15(14(19)20)3-6-17(7-4-15)10-13-2-9-21-11-13/h2,5,8-9,11H,3-4,6-7,10H2,1H3,(H,19,20). The summed E-state index contributed by atoms with van der Waals surface area (Å²) in [6.07, 6.45) is 4.70. The lowest BCUT2D eigenvalue weighted by atomic mass is 9.87. The van der Waals surface area contributed by atoms with Crippen LogP contribution in [0.15, 0.2) is 29.2 Å². The number of aromatic nitrogens is 2. The van der Waals surface area contributed by atoms with Crippen LogP contribution in [-0.2, 0) is 16.9 Å². The van der Waals surface area contributed by atoms with Crippen LogP contribution < -0.4 is 0 Å². The number of carbonyl (C=O) groups is 1. The molecule has 6 heteroatoms. The number of aliphatic carboxylic acids is 1. The number of aryl methyl sites for hydroxylation is 1. The highest BCUT2D eigenvalue weighted by Crippen LogP contribution is 2.32. The smallest absolute Gasteiger partial charge is 0.330 e. The minimum Gasteiger partial charge on any atom is -0.479 e. The maximum Gasteiger partial charge on any atom is 0.330 e. The molecule has 0 unspecified atom stereocenters. The van der Waals surface area contributed by atoms with Gasteiger partial charge >= 0.3 is 5.97 Å². The van der Waals surface area contributed by atoms with E-state index in [9.17, 15) is 9.90 Å². The first-order chi connectivity index (χ1) is 10.1. The van der Waals surface area contributed by atoms with E-state index in [1.165, 1.54) is 5.56 Å². The summed E-state index contributed by atoms with van der Waals surface area (Å²) in [5, 5.41) is 14.0. The number of hydrogen-bond acceptors (Lipinski definition) is 4. The monoisotopic (exact) mass is 305 g/mol. The van der Waals surface area contributed by atoms with Gasteiger partial charge in [-0.3, -0.25) is 4.90 Å². The Morgan fingerprint density at radius 1 is 1.48 bits per heavy atom. The summed E-state index contributed by atoms with van der Waals surface area (Å²) in [7, 11) is 0. The van der Waals surface area contributed by atoms with Crippen LogP contribution in [0.1, 0.15) is 24.2 Å². The average molecular weight is 305 g/mol. The molecule has 0 bridgehead atoms. The first-order valence-electron chi connectivity index (χ1n) is 7.09. The van der Waals surface area contributed by atoms with Crippen molar-refractivity contribution in [3.63, 3.8) is 0 Å². The highest BCUT2D eigenvalue weighted by Gasteiger charge is 2.43. The number of thiophene rings is 1. The molecule has 3 rings (SSSR count). The number of nitrogens with zero attached hydrogens (tertiary/aromatic N) is 3. The summed E-state index contributed by atoms with van der Waals surface area (Å²) >= 11 is 1.70. The fraction of sp³-hybridized carbons (Fsp3) is 0.467. The molecule has 1 aliphatic heterocycles. The topological polar surface area (TPSA) is 58.4 Å². The molecule has 0 aliphatic carbocycles. The van der Waals surface area contributed by atoms with E-state index in [4.69, 9.17) is 0 Å². The van der Waals surface area contributed by atoms with Crippen molar-refractivity contribution in [1.82, 2.24) is 14.5 Å². The van der Waals surface area contributed by atoms with E-state index >= 15 is 0 Å². The van der Waals surface area contributed by atoms with E-state index < -0.39 is 11.5 Å². The van der Waals surface area contributed by atoms with Gasteiger partial charge in [-0.15, -0.1) is 0 Å². The van der Waals surface area contributed by atoms with Gasteiger partial charge in [0.15, 0.2) is 0 Å². The van der Waals surface area contributed by atoms with Crippen LogP contribution in [0.25, 0.3) is 0 Å². The molecule has 112 valence electrons. The van der Waals surface area contributed by atoms with Crippen molar-refractivity contribution in [2.45, 2.75) is 31.8 Å². The summed E-state index contributed by atoms with van der Waals surface area (Å²) in [4.78, 5) is 18.4. The second kappa shape index (κ2) is 5.61. The zero-order valence-corrected chi connectivity index (χ0v) is 12.8. The normalized spacial score (nSPS) is 18.7. The fourth-order valence-corrected chi connectivity index (χ4v) is 3.77. The summed E-state index contributed by atoms with van der Waals surface area (Å²) in [5.41, 5.74) is 0.466. The molecular formula is C15H19N3O2S. The van der Waals surface area contributed by atoms with E-state index in [0.29, 0.717) is 12.8 Å². The first kappa shape index (κ1) is 14.3. The molecule has 0 atom stereocenters. The maximum absolute atomic E-state index is 11.9. The second-order valence-corrected chi connectivity index (χ2v) is 6.37. The summed E-state index contributed by atoms with van der Waals surface area (Å²) < 4.78 is 1.83. The number of imidazole rings is 1. The van der Waals surface area contributed by atoms with Gasteiger partial charge in [0.2, 0.25) is 0 Å². The zero-order chi connectivity index (χ0) is 14.9. The summed E-state index contributed by atoms with van der Waals surface area (Å²) in [5.74, 6) is 0.0162. The van der Waals surface area contributed by atoms with Crippen LogP contribution in [0.3, 0.4) is 0 Å². The van der Waals surface area contributed by atoms with Gasteiger partial charge in [0.1, 0.15) is 11.4 Å². The predicted octanol–water partition coefficient (Wildman–Crippen LogP) is 2.33. The van der Waals surface area contributed by atoms with Crippen molar-refractivity contribution in [2.75, 3.05) is 13.1 Å². The number of hydrogen-bond donors (Lipinski definition) is 1. The third-order valence-electron chi connectivity index (χ3n) is 4.35. The van der Waals surface area contributed by atoms with Gasteiger partial charge in [-0.1, -0.05) is 0 Å². The average Bonchev–Trinajstić information content (AvgIpc) is 3.11. The molecule has 5 nitrogen and oxygen atoms in total. The molecule has 0 aromatic carbocycles. The maximum atomic E-state index is 11.9. The molecule has 1 aliphatic rings. The van der Waals surface area contributed by atoms with Crippen molar-refractivity contribution in [3.05, 3.63) is 40.6 Å². The van der Waals surface area contributed by atoms with Crippen LogP contribution >= 0.6 is 11.3 Å². The Labute approximate surface area is 127 Å². The van der Waals surface area contributed by atoms with Gasteiger partial charge in [0, 0.05) is 32.0 Å². The number of carboxylic acids is 1. The van der Waals surface area contributed by atoms with Crippen molar-refractivity contribution in [2.24, 2.45) is 0 Å². The Morgan fingerprint density at radius 3 is 2.76 bits per heavy atom. The molecule has 2 aromatic rings. The van der Waals surface area contributed by atoms with Gasteiger partial charge in [-0.25, -0.2) is 9.78 Å². The third-order valence-corrected chi connectivity index (χ3v) is 5.09. The lowest BCUT2D eigenvalue weighted by molar-refractivity contribution is -0.150. The van der Waals surface area contributed by atoms with E-state index in [1.807, 2.05) is 11.5 Å². The van der Waals surface area contributed by atoms with Crippen LogP contribution in [0.4, 0.5) is 0 Å². The molecule has 0 spiro atoms. The van der Waals surface area contributed by atoms with Gasteiger partial charge in [-0.2, -0.15) is 11.3 Å². The van der Waals surface area contributed by atoms with E-state index in [1.54, 1.807) is 23.7 Å². The quantitative estimate of drug-likeness (QED) is 0.942. The summed E-state index contributed by atoms with van der Waals surface area (Å²) in [6.45, 7) is 4.35. The van der Waals surface area contributed by atoms with Crippen molar-refractivity contribution in [3.8, 4) is 0 Å². The van der Waals surface area contributed by atoms with E-state index in [0.717, 1.165) is 25.5 Å². The van der Waals surface area contributed by atoms with Crippen LogP contribution in [-0.4, -0.2) is 38.6 Å². The molecule has 1 N–H and O–H groups in total. The number of rotatable bonds is 4. The van der Waals surface area contributed by atoms with Crippen molar-refractivity contribution in [1.29, 1.82) is 0 Å². The Kier molecular flexibility index (Phi) is 3.82. The molecule has 2 aromatic heterocycles. The van der Waals surface area contributed by atoms with Crippen molar-refractivity contribution >= 4 is 17.3 Å². The molecular weight excluding hydrogens is 286 g/mol. The van der Waals surface area contributed by atoms with Crippen molar-refractivity contribution < 1.29 is 9.90 Å². The van der Waals surface area contributed by atoms with Crippen LogP contribution in [0.5, 0.6) is 0 Å². The molecule has 1 fully saturated rings. The van der Waals surface area contributed by atoms with Crippen LogP contribution in [0, 0.1) is 6.92 Å². The fourth-order valence-electron chi connectivity index (χ4n) is 3.11. The molecule has 1 saturated heterocycles. The largest absolute Gasteiger partial charge is 0.479 e. The van der Waals surface area contributed by atoms with E-state index in [2.05, 4.69) is 26.7 Å². The first-order valence-corrected chi connectivity index (χ1v) is 8.03. The van der Waals surface area contributed by atoms with Gasteiger partial charge in [0.25, 0.3) is 0 Å². The zero-order valence-electron chi connectivity index (χ0n) is 12.0. The van der Waals surface area contributed by atoms with Gasteiger partial charge < -0.3 is 9.67 Å². The van der Waals surface area contributed by atoms with Crippen LogP contribution in [0.2, 0.25) is 0 Å². The Balaban J connectivity index is 1.75. The molecule has 3 heterocycles. The number of carboxylic acid groups (broad SMARTS) is 1. The highest BCUT2D eigenvalue weighted by molar-refractivity contribution is 7.07. The highest BCUT2D eigenvalue weighted by atomic mass is 32.1. The lowest BCUT2D eigenvalue weighted by Gasteiger charge is -2.40. The molecule has 0 amide bonds. The number of piperidine rings is 1. The minimum atomic E-state index is -0.842. The molecule has 0 radical (unpaired) electrons. The Hall–Kier alpha value is -1.66. The Bertz CT molecular complexity index is 613. The lowest BCUT2D eigenvalue weighted by Crippen LogP contribution is -2.51. The van der Waals surface area contributed by atoms with E-state index in [-0.39, 0.29) is 0 Å². The Morgan fingerprint density at radius 2 is 2.24 bits per heavy atom. The SMILES string of the molecule is Cc1nccn1C1(C(=O)O)CCN(Cc2ccsc2)CC1. The summed E-state index contributed by atoms with van der Waals surface area (Å²) in [6, 6.07) is 2.13. The molecule has 0 saturated carbocycles. The van der Waals surface area contributed by atoms with Gasteiger partial charge in [0.05, 0.1) is 0 Å². The predicted molar refractivity (Wildman–Crippen MR) is 81.4 cm³/mol. The molecule has 21 heavy (non-hydrogen) atoms. The van der Waals surface area contributed by atoms with Gasteiger partial charge in [-0.05, 0) is 42.2 Å². The second-order valence-electron chi connectivity index (χ2n) is 5.59. The minimum absolute atomic E-state index is 0.615.